The fourth-order valence-electron chi connectivity index (χ4n) is 4.37. The largest absolute Gasteiger partial charge is 0.392 e. The van der Waals surface area contributed by atoms with Crippen molar-refractivity contribution in [1.29, 1.82) is 0 Å². The van der Waals surface area contributed by atoms with Crippen molar-refractivity contribution in [2.24, 2.45) is 0 Å². The number of halogens is 2. The van der Waals surface area contributed by atoms with Gasteiger partial charge < -0.3 is 15.5 Å². The van der Waals surface area contributed by atoms with Gasteiger partial charge in [0.1, 0.15) is 12.0 Å². The van der Waals surface area contributed by atoms with E-state index in [1.54, 1.807) is 13.8 Å². The van der Waals surface area contributed by atoms with E-state index < -0.39 is 11.5 Å². The van der Waals surface area contributed by atoms with Crippen molar-refractivity contribution in [2.45, 2.75) is 65.2 Å². The highest BCUT2D eigenvalue weighted by Crippen LogP contribution is 2.33. The van der Waals surface area contributed by atoms with Gasteiger partial charge in [0, 0.05) is 32.3 Å². The van der Waals surface area contributed by atoms with Crippen molar-refractivity contribution in [2.75, 3.05) is 23.8 Å². The van der Waals surface area contributed by atoms with Crippen LogP contribution in [-0.4, -0.2) is 23.6 Å². The van der Waals surface area contributed by atoms with Gasteiger partial charge in [-0.25, -0.2) is 14.4 Å². The van der Waals surface area contributed by atoms with Gasteiger partial charge in [0.25, 0.3) is 0 Å². The van der Waals surface area contributed by atoms with Gasteiger partial charge in [0.05, 0.1) is 6.04 Å². The topological polar surface area (TPSA) is 53.1 Å². The summed E-state index contributed by atoms with van der Waals surface area (Å²) in [6.07, 6.45) is 3.73. The second-order valence-electron chi connectivity index (χ2n) is 9.77. The number of benzene rings is 2. The molecule has 37 heavy (non-hydrogen) atoms. The van der Waals surface area contributed by atoms with Crippen molar-refractivity contribution >= 4 is 11.6 Å². The second-order valence-corrected chi connectivity index (χ2v) is 9.77. The first-order valence-electron chi connectivity index (χ1n) is 12.9. The third-order valence-corrected chi connectivity index (χ3v) is 6.51. The molecule has 1 unspecified atom stereocenters. The first-order valence-corrected chi connectivity index (χ1v) is 12.9. The fourth-order valence-corrected chi connectivity index (χ4v) is 4.37. The Morgan fingerprint density at radius 1 is 1.03 bits per heavy atom. The summed E-state index contributed by atoms with van der Waals surface area (Å²) >= 11 is 0. The Bertz CT molecular complexity index is 1150. The Kier molecular flexibility index (Phi) is 9.61. The quantitative estimate of drug-likeness (QED) is 0.259. The minimum absolute atomic E-state index is 0.103. The monoisotopic (exact) mass is 507 g/mol. The molecule has 5 nitrogen and oxygen atoms in total. The normalized spacial score (nSPS) is 12.2. The molecule has 0 amide bonds. The van der Waals surface area contributed by atoms with Crippen LogP contribution >= 0.6 is 0 Å². The summed E-state index contributed by atoms with van der Waals surface area (Å²) in [5, 5.41) is 6.19. The van der Waals surface area contributed by atoms with Crippen LogP contribution in [0, 0.1) is 5.82 Å². The van der Waals surface area contributed by atoms with Crippen molar-refractivity contribution in [3.63, 3.8) is 0 Å². The number of hydrogen-bond acceptors (Lipinski definition) is 5. The van der Waals surface area contributed by atoms with Crippen molar-refractivity contribution in [1.82, 2.24) is 15.3 Å². The Morgan fingerprint density at radius 3 is 2.24 bits per heavy atom. The molecule has 0 aliphatic rings. The number of alkyl halides is 1. The van der Waals surface area contributed by atoms with Crippen LogP contribution in [0.4, 0.5) is 20.4 Å². The lowest BCUT2D eigenvalue weighted by atomic mass is 9.95. The van der Waals surface area contributed by atoms with E-state index in [4.69, 9.17) is 0 Å². The zero-order valence-corrected chi connectivity index (χ0v) is 22.6. The van der Waals surface area contributed by atoms with Crippen LogP contribution in [0.25, 0.3) is 0 Å². The molecule has 2 aromatic carbocycles. The molecule has 0 saturated carbocycles. The van der Waals surface area contributed by atoms with E-state index in [1.807, 2.05) is 60.5 Å². The minimum atomic E-state index is -1.41. The van der Waals surface area contributed by atoms with E-state index in [1.165, 1.54) is 6.33 Å². The van der Waals surface area contributed by atoms with Gasteiger partial charge in [-0.15, -0.1) is 0 Å². The van der Waals surface area contributed by atoms with E-state index >= 15 is 4.39 Å². The predicted octanol–water partition coefficient (Wildman–Crippen LogP) is 7.08. The molecule has 7 heteroatoms. The third kappa shape index (κ3) is 7.28. The summed E-state index contributed by atoms with van der Waals surface area (Å²) in [5.74, 6) is -0.0389. The van der Waals surface area contributed by atoms with Crippen LogP contribution in [0.2, 0.25) is 0 Å². The number of hydrogen-bond donors (Lipinski definition) is 2. The number of likely N-dealkylation sites (N-methyl/N-ethyl adjacent to an activating group) is 1. The summed E-state index contributed by atoms with van der Waals surface area (Å²) in [6, 6.07) is 15.5. The lowest BCUT2D eigenvalue weighted by Gasteiger charge is -2.33. The Balaban J connectivity index is 1.80. The second kappa shape index (κ2) is 12.7. The third-order valence-electron chi connectivity index (χ3n) is 6.51. The van der Waals surface area contributed by atoms with Crippen LogP contribution < -0.4 is 15.5 Å². The summed E-state index contributed by atoms with van der Waals surface area (Å²) in [6.45, 7) is 12.2. The van der Waals surface area contributed by atoms with Gasteiger partial charge in [0.15, 0.2) is 11.6 Å². The molecule has 0 aliphatic heterocycles. The number of nitrogens with zero attached hydrogens (tertiary/aromatic N) is 3. The fraction of sp³-hybridized carbons (Fsp3) is 0.400. The molecular formula is C30H39F2N5. The van der Waals surface area contributed by atoms with Crippen LogP contribution in [0.15, 0.2) is 67.1 Å². The summed E-state index contributed by atoms with van der Waals surface area (Å²) in [7, 11) is 1.86. The molecule has 0 fully saturated rings. The van der Waals surface area contributed by atoms with Crippen LogP contribution in [-0.2, 0) is 18.6 Å². The highest BCUT2D eigenvalue weighted by atomic mass is 19.1. The maximum Gasteiger partial charge on any atom is 0.207 e. The van der Waals surface area contributed by atoms with Crippen molar-refractivity contribution in [3.05, 3.63) is 95.2 Å². The average molecular weight is 508 g/mol. The molecule has 2 N–H and O–H groups in total. The van der Waals surface area contributed by atoms with Gasteiger partial charge in [0.2, 0.25) is 5.82 Å². The van der Waals surface area contributed by atoms with Gasteiger partial charge in [-0.05, 0) is 48.9 Å². The molecule has 1 aromatic heterocycles. The van der Waals surface area contributed by atoms with Gasteiger partial charge in [-0.3, -0.25) is 0 Å². The molecule has 3 aromatic rings. The van der Waals surface area contributed by atoms with E-state index in [0.29, 0.717) is 18.7 Å². The summed E-state index contributed by atoms with van der Waals surface area (Å²) < 4.78 is 30.1. The molecule has 1 atom stereocenters. The van der Waals surface area contributed by atoms with Crippen molar-refractivity contribution < 1.29 is 8.78 Å². The highest BCUT2D eigenvalue weighted by Gasteiger charge is 2.26. The lowest BCUT2D eigenvalue weighted by Crippen LogP contribution is -2.31. The molecule has 1 heterocycles. The Labute approximate surface area is 220 Å². The standard InChI is InChI=1S/C30H39F2N5/c1-7-17-37(26(8-2)24-13-15-25(16-14-24)30(4,5)32)29-27(31)28(35-20-36-29)34-19-23-11-9-22(10-12-23)18-21(3)33-6/h9-16,20,26,33H,3,7-8,17-19H2,1-2,4-6H3,(H,34,35,36). The van der Waals surface area contributed by atoms with E-state index in [2.05, 4.69) is 41.0 Å². The summed E-state index contributed by atoms with van der Waals surface area (Å²) in [5.41, 5.74) is 3.33. The molecule has 0 radical (unpaired) electrons. The van der Waals surface area contributed by atoms with Gasteiger partial charge in [-0.1, -0.05) is 69.0 Å². The van der Waals surface area contributed by atoms with E-state index in [0.717, 1.165) is 41.6 Å². The molecule has 198 valence electrons. The maximum atomic E-state index is 15.7. The zero-order valence-electron chi connectivity index (χ0n) is 22.6. The number of rotatable bonds is 13. The number of nitrogens with one attached hydrogen (secondary N) is 2. The minimum Gasteiger partial charge on any atom is -0.392 e. The highest BCUT2D eigenvalue weighted by molar-refractivity contribution is 5.53. The Morgan fingerprint density at radius 2 is 1.68 bits per heavy atom. The van der Waals surface area contributed by atoms with Crippen LogP contribution in [0.5, 0.6) is 0 Å². The average Bonchev–Trinajstić information content (AvgIpc) is 2.88. The van der Waals surface area contributed by atoms with E-state index in [-0.39, 0.29) is 17.7 Å². The van der Waals surface area contributed by atoms with Gasteiger partial charge >= 0.3 is 0 Å². The zero-order chi connectivity index (χ0) is 27.0. The summed E-state index contributed by atoms with van der Waals surface area (Å²) in [4.78, 5) is 10.5. The SMILES string of the molecule is C=C(Cc1ccc(CNc2ncnc(N(CCC)C(CC)c3ccc(C(C)(C)F)cc3)c2F)cc1)NC. The molecular weight excluding hydrogens is 468 g/mol. The molecule has 0 saturated heterocycles. The smallest absolute Gasteiger partial charge is 0.207 e. The molecule has 3 rings (SSSR count). The number of aromatic nitrogens is 2. The molecule has 0 bridgehead atoms. The lowest BCUT2D eigenvalue weighted by molar-refractivity contribution is 0.221. The maximum absolute atomic E-state index is 15.7. The predicted molar refractivity (Wildman–Crippen MR) is 149 cm³/mol. The first kappa shape index (κ1) is 28.1. The van der Waals surface area contributed by atoms with Crippen LogP contribution in [0.3, 0.4) is 0 Å². The van der Waals surface area contributed by atoms with E-state index in [9.17, 15) is 4.39 Å². The number of allylic oxidation sites excluding steroid dienone is 1. The Hall–Kier alpha value is -3.48. The van der Waals surface area contributed by atoms with Crippen molar-refractivity contribution in [3.8, 4) is 0 Å². The molecule has 0 spiro atoms. The van der Waals surface area contributed by atoms with Crippen LogP contribution in [0.1, 0.15) is 68.8 Å². The molecule has 0 aliphatic carbocycles. The first-order chi connectivity index (χ1) is 17.7. The van der Waals surface area contributed by atoms with Gasteiger partial charge in [-0.2, -0.15) is 4.39 Å². The number of anilines is 2.